The first kappa shape index (κ1) is 21.6. The topological polar surface area (TPSA) is 104 Å². The maximum Gasteiger partial charge on any atom is 0.254 e. The molecule has 2 aromatic heterocycles. The van der Waals surface area contributed by atoms with E-state index >= 15 is 0 Å². The van der Waals surface area contributed by atoms with Crippen molar-refractivity contribution < 1.29 is 23.4 Å². The summed E-state index contributed by atoms with van der Waals surface area (Å²) in [6.07, 6.45) is 4.66. The summed E-state index contributed by atoms with van der Waals surface area (Å²) in [6, 6.07) is 6.25. The molecule has 0 aliphatic carbocycles. The van der Waals surface area contributed by atoms with Crippen LogP contribution < -0.4 is 15.4 Å². The Morgan fingerprint density at radius 1 is 1.36 bits per heavy atom. The lowest BCUT2D eigenvalue weighted by molar-refractivity contribution is -0.141. The highest BCUT2D eigenvalue weighted by Gasteiger charge is 2.34. The van der Waals surface area contributed by atoms with E-state index in [2.05, 4.69) is 15.0 Å². The van der Waals surface area contributed by atoms with E-state index in [0.717, 1.165) is 24.9 Å². The van der Waals surface area contributed by atoms with E-state index in [1.165, 1.54) is 22.8 Å². The number of hydrogen-bond acceptors (Lipinski definition) is 7. The van der Waals surface area contributed by atoms with Crippen molar-refractivity contribution >= 4 is 17.4 Å². The molecule has 4 heterocycles. The number of anilines is 1. The second kappa shape index (κ2) is 8.27. The van der Waals surface area contributed by atoms with Gasteiger partial charge in [-0.15, -0.1) is 0 Å². The summed E-state index contributed by atoms with van der Waals surface area (Å²) >= 11 is 0. The quantitative estimate of drug-likeness (QED) is 0.609. The van der Waals surface area contributed by atoms with Gasteiger partial charge >= 0.3 is 0 Å². The lowest BCUT2D eigenvalue weighted by Crippen LogP contribution is -2.27. The lowest BCUT2D eigenvalue weighted by atomic mass is 10.0. The third-order valence-corrected chi connectivity index (χ3v) is 5.99. The second-order valence-corrected chi connectivity index (χ2v) is 8.77. The maximum atomic E-state index is 14.3. The van der Waals surface area contributed by atoms with E-state index in [0.29, 0.717) is 30.4 Å². The number of nitrogens with zero attached hydrogens (tertiary/aromatic N) is 4. The van der Waals surface area contributed by atoms with E-state index in [9.17, 15) is 9.18 Å². The molecule has 2 aliphatic rings. The molecule has 0 bridgehead atoms. The molecule has 3 aromatic rings. The molecule has 174 valence electrons. The fraction of sp³-hybridized carbons (Fsp3) is 0.435. The number of rotatable bonds is 6. The molecule has 2 N–H and O–H groups in total. The minimum Gasteiger partial charge on any atom is -0.490 e. The predicted octanol–water partition coefficient (Wildman–Crippen LogP) is 2.84. The SMILES string of the molecule is CC1(C)OCC(COc2ccc(F)cc2C2CCCN2c2ccn3ncc(C(N)=O)c3n2)O1. The average molecular weight is 455 g/mol. The summed E-state index contributed by atoms with van der Waals surface area (Å²) in [5.74, 6) is -0.290. The van der Waals surface area contributed by atoms with Gasteiger partial charge in [-0.3, -0.25) is 4.79 Å². The maximum absolute atomic E-state index is 14.3. The molecular formula is C23H26FN5O4. The van der Waals surface area contributed by atoms with Crippen LogP contribution in [0.5, 0.6) is 5.75 Å². The van der Waals surface area contributed by atoms with Gasteiger partial charge < -0.3 is 24.8 Å². The molecule has 1 amide bonds. The Hall–Kier alpha value is -3.24. The van der Waals surface area contributed by atoms with Crippen molar-refractivity contribution in [2.45, 2.75) is 44.6 Å². The molecule has 9 nitrogen and oxygen atoms in total. The van der Waals surface area contributed by atoms with Crippen LogP contribution in [0.15, 0.2) is 36.7 Å². The van der Waals surface area contributed by atoms with Crippen molar-refractivity contribution in [2.24, 2.45) is 5.73 Å². The summed E-state index contributed by atoms with van der Waals surface area (Å²) in [7, 11) is 0. The van der Waals surface area contributed by atoms with Crippen molar-refractivity contribution in [2.75, 3.05) is 24.7 Å². The zero-order valence-electron chi connectivity index (χ0n) is 18.5. The van der Waals surface area contributed by atoms with Gasteiger partial charge in [-0.25, -0.2) is 13.9 Å². The van der Waals surface area contributed by atoms with Crippen molar-refractivity contribution in [1.82, 2.24) is 14.6 Å². The summed E-state index contributed by atoms with van der Waals surface area (Å²) < 4.78 is 33.3. The molecule has 2 unspecified atom stereocenters. The van der Waals surface area contributed by atoms with Gasteiger partial charge in [-0.05, 0) is 51.0 Å². The number of halogens is 1. The molecule has 0 radical (unpaired) electrons. The molecular weight excluding hydrogens is 429 g/mol. The number of aromatic nitrogens is 3. The first-order valence-corrected chi connectivity index (χ1v) is 11.0. The number of ether oxygens (including phenoxy) is 3. The van der Waals surface area contributed by atoms with Crippen molar-refractivity contribution in [3.8, 4) is 5.75 Å². The number of amides is 1. The number of carbonyl (C=O) groups excluding carboxylic acids is 1. The van der Waals surface area contributed by atoms with Gasteiger partial charge in [0.05, 0.1) is 18.8 Å². The van der Waals surface area contributed by atoms with Gasteiger partial charge in [0, 0.05) is 18.3 Å². The molecule has 2 saturated heterocycles. The molecule has 33 heavy (non-hydrogen) atoms. The first-order valence-electron chi connectivity index (χ1n) is 11.0. The molecule has 2 aliphatic heterocycles. The Labute approximate surface area is 190 Å². The zero-order valence-corrected chi connectivity index (χ0v) is 18.5. The lowest BCUT2D eigenvalue weighted by Gasteiger charge is -2.28. The number of nitrogens with two attached hydrogens (primary N) is 1. The minimum absolute atomic E-state index is 0.136. The molecule has 0 saturated carbocycles. The summed E-state index contributed by atoms with van der Waals surface area (Å²) in [4.78, 5) is 18.5. The van der Waals surface area contributed by atoms with E-state index in [-0.39, 0.29) is 23.5 Å². The van der Waals surface area contributed by atoms with Crippen LogP contribution in [0.3, 0.4) is 0 Å². The van der Waals surface area contributed by atoms with Crippen LogP contribution in [0, 0.1) is 5.82 Å². The Bertz CT molecular complexity index is 1200. The number of carbonyl (C=O) groups is 1. The normalized spacial score (nSPS) is 22.2. The molecule has 5 rings (SSSR count). The Kier molecular flexibility index (Phi) is 5.41. The predicted molar refractivity (Wildman–Crippen MR) is 118 cm³/mol. The van der Waals surface area contributed by atoms with Crippen LogP contribution in [0.4, 0.5) is 10.2 Å². The van der Waals surface area contributed by atoms with Crippen molar-refractivity contribution in [1.29, 1.82) is 0 Å². The molecule has 10 heteroatoms. The Morgan fingerprint density at radius 3 is 2.97 bits per heavy atom. The zero-order chi connectivity index (χ0) is 23.2. The number of hydrogen-bond donors (Lipinski definition) is 1. The average Bonchev–Trinajstić information content (AvgIpc) is 3.50. The molecule has 2 fully saturated rings. The molecule has 2 atom stereocenters. The highest BCUT2D eigenvalue weighted by atomic mass is 19.1. The number of benzene rings is 1. The second-order valence-electron chi connectivity index (χ2n) is 8.77. The summed E-state index contributed by atoms with van der Waals surface area (Å²) in [5, 5.41) is 4.13. The fourth-order valence-electron chi connectivity index (χ4n) is 4.50. The van der Waals surface area contributed by atoms with E-state index in [1.807, 2.05) is 19.9 Å². The van der Waals surface area contributed by atoms with Crippen LogP contribution in [-0.2, 0) is 9.47 Å². The third kappa shape index (κ3) is 4.23. The monoisotopic (exact) mass is 455 g/mol. The minimum atomic E-state index is -0.635. The van der Waals surface area contributed by atoms with Crippen LogP contribution in [0.25, 0.3) is 5.65 Å². The third-order valence-electron chi connectivity index (χ3n) is 5.99. The van der Waals surface area contributed by atoms with Crippen molar-refractivity contribution in [3.05, 3.63) is 53.6 Å². The van der Waals surface area contributed by atoms with Crippen molar-refractivity contribution in [3.63, 3.8) is 0 Å². The molecule has 0 spiro atoms. The largest absolute Gasteiger partial charge is 0.490 e. The highest BCUT2D eigenvalue weighted by Crippen LogP contribution is 2.40. The van der Waals surface area contributed by atoms with Crippen LogP contribution in [-0.4, -0.2) is 52.2 Å². The Morgan fingerprint density at radius 2 is 2.21 bits per heavy atom. The molecule has 1 aromatic carbocycles. The van der Waals surface area contributed by atoms with Gasteiger partial charge in [0.15, 0.2) is 11.4 Å². The summed E-state index contributed by atoms with van der Waals surface area (Å²) in [5.41, 5.74) is 6.85. The fourth-order valence-corrected chi connectivity index (χ4v) is 4.50. The van der Waals surface area contributed by atoms with Crippen LogP contribution in [0.2, 0.25) is 0 Å². The van der Waals surface area contributed by atoms with E-state index in [1.54, 1.807) is 12.3 Å². The van der Waals surface area contributed by atoms with Gasteiger partial charge in [-0.2, -0.15) is 5.10 Å². The van der Waals surface area contributed by atoms with Gasteiger partial charge in [0.1, 0.15) is 35.7 Å². The highest BCUT2D eigenvalue weighted by molar-refractivity contribution is 5.98. The van der Waals surface area contributed by atoms with Crippen LogP contribution >= 0.6 is 0 Å². The smallest absolute Gasteiger partial charge is 0.254 e. The Balaban J connectivity index is 1.43. The van der Waals surface area contributed by atoms with Crippen LogP contribution in [0.1, 0.15) is 48.7 Å². The van der Waals surface area contributed by atoms with E-state index < -0.39 is 11.7 Å². The standard InChI is InChI=1S/C23H26FN5O4/c1-23(2)32-13-15(33-23)12-31-19-6-5-14(24)10-16(19)18-4-3-8-28(18)20-7-9-29-22(27-20)17(11-26-29)21(25)30/h5-7,9-11,15,18H,3-4,8,12-13H2,1-2H3,(H2,25,30). The van der Waals surface area contributed by atoms with Gasteiger partial charge in [-0.1, -0.05) is 0 Å². The van der Waals surface area contributed by atoms with Gasteiger partial charge in [0.25, 0.3) is 5.91 Å². The van der Waals surface area contributed by atoms with Gasteiger partial charge in [0.2, 0.25) is 0 Å². The van der Waals surface area contributed by atoms with E-state index in [4.69, 9.17) is 19.9 Å². The first-order chi connectivity index (χ1) is 15.8. The number of primary amides is 1. The summed E-state index contributed by atoms with van der Waals surface area (Å²) in [6.45, 7) is 5.20. The number of fused-ring (bicyclic) bond motifs is 1.